The van der Waals surface area contributed by atoms with E-state index in [0.29, 0.717) is 16.5 Å². The number of benzene rings is 1. The molecule has 2 aromatic rings. The van der Waals surface area contributed by atoms with Gasteiger partial charge in [-0.2, -0.15) is 0 Å². The van der Waals surface area contributed by atoms with E-state index in [1.54, 1.807) is 12.1 Å². The van der Waals surface area contributed by atoms with Gasteiger partial charge in [0.2, 0.25) is 0 Å². The Kier molecular flexibility index (Phi) is 4.66. The van der Waals surface area contributed by atoms with Crippen LogP contribution < -0.4 is 5.73 Å². The van der Waals surface area contributed by atoms with Crippen molar-refractivity contribution in [3.63, 3.8) is 0 Å². The molecule has 4 heteroatoms. The summed E-state index contributed by atoms with van der Waals surface area (Å²) in [6, 6.07) is 8.46. The first-order chi connectivity index (χ1) is 9.11. The fourth-order valence-electron chi connectivity index (χ4n) is 1.98. The van der Waals surface area contributed by atoms with Crippen LogP contribution in [0, 0.1) is 5.82 Å². The van der Waals surface area contributed by atoms with Crippen LogP contribution in [0.2, 0.25) is 0 Å². The topological polar surface area (TPSA) is 38.9 Å². The lowest BCUT2D eigenvalue weighted by molar-refractivity contribution is 0.575. The Balaban J connectivity index is 2.18. The molecule has 0 radical (unpaired) electrons. The standard InChI is InChI=1S/C15H16BrFN2/c1-2-10-6-7-11(19-9-10)8-14(18)15-12(16)4-3-5-13(15)17/h3-7,9,14H,2,8,18H2,1H3. The molecular weight excluding hydrogens is 307 g/mol. The van der Waals surface area contributed by atoms with E-state index >= 15 is 0 Å². The van der Waals surface area contributed by atoms with Crippen LogP contribution in [0.15, 0.2) is 41.0 Å². The van der Waals surface area contributed by atoms with Crippen LogP contribution in [0.3, 0.4) is 0 Å². The third-order valence-corrected chi connectivity index (χ3v) is 3.79. The quantitative estimate of drug-likeness (QED) is 0.930. The summed E-state index contributed by atoms with van der Waals surface area (Å²) in [5.41, 5.74) is 8.65. The van der Waals surface area contributed by atoms with Crippen molar-refractivity contribution in [2.45, 2.75) is 25.8 Å². The van der Waals surface area contributed by atoms with Gasteiger partial charge in [-0.3, -0.25) is 4.98 Å². The van der Waals surface area contributed by atoms with E-state index in [4.69, 9.17) is 5.73 Å². The van der Waals surface area contributed by atoms with Crippen LogP contribution in [-0.4, -0.2) is 4.98 Å². The molecule has 2 rings (SSSR count). The smallest absolute Gasteiger partial charge is 0.129 e. The molecule has 0 saturated heterocycles. The molecule has 19 heavy (non-hydrogen) atoms. The number of nitrogens with two attached hydrogens (primary N) is 1. The van der Waals surface area contributed by atoms with E-state index in [-0.39, 0.29) is 5.82 Å². The summed E-state index contributed by atoms with van der Waals surface area (Å²) in [5, 5.41) is 0. The molecule has 2 nitrogen and oxygen atoms in total. The molecule has 0 fully saturated rings. The Morgan fingerprint density at radius 3 is 2.68 bits per heavy atom. The summed E-state index contributed by atoms with van der Waals surface area (Å²) < 4.78 is 14.5. The van der Waals surface area contributed by atoms with Gasteiger partial charge in [0.15, 0.2) is 0 Å². The van der Waals surface area contributed by atoms with Crippen molar-refractivity contribution >= 4 is 15.9 Å². The molecule has 0 aliphatic heterocycles. The van der Waals surface area contributed by atoms with Crippen LogP contribution >= 0.6 is 15.9 Å². The number of rotatable bonds is 4. The summed E-state index contributed by atoms with van der Waals surface area (Å²) in [5.74, 6) is -0.285. The van der Waals surface area contributed by atoms with Gasteiger partial charge in [0.05, 0.1) is 0 Å². The van der Waals surface area contributed by atoms with Gasteiger partial charge in [-0.1, -0.05) is 35.0 Å². The summed E-state index contributed by atoms with van der Waals surface area (Å²) >= 11 is 3.34. The minimum Gasteiger partial charge on any atom is -0.324 e. The molecule has 0 spiro atoms. The summed E-state index contributed by atoms with van der Waals surface area (Å²) in [6.45, 7) is 2.08. The van der Waals surface area contributed by atoms with Crippen LogP contribution in [0.25, 0.3) is 0 Å². The van der Waals surface area contributed by atoms with Crippen LogP contribution in [0.5, 0.6) is 0 Å². The largest absolute Gasteiger partial charge is 0.324 e. The average molecular weight is 323 g/mol. The fourth-order valence-corrected chi connectivity index (χ4v) is 2.61. The second-order valence-electron chi connectivity index (χ2n) is 4.46. The van der Waals surface area contributed by atoms with E-state index in [1.165, 1.54) is 11.6 Å². The Labute approximate surface area is 121 Å². The fraction of sp³-hybridized carbons (Fsp3) is 0.267. The highest BCUT2D eigenvalue weighted by Crippen LogP contribution is 2.26. The van der Waals surface area contributed by atoms with E-state index in [2.05, 4.69) is 27.8 Å². The minimum absolute atomic E-state index is 0.285. The molecule has 0 aliphatic carbocycles. The van der Waals surface area contributed by atoms with Crippen molar-refractivity contribution in [2.24, 2.45) is 5.73 Å². The summed E-state index contributed by atoms with van der Waals surface area (Å²) in [7, 11) is 0. The zero-order chi connectivity index (χ0) is 13.8. The maximum atomic E-state index is 13.8. The molecule has 100 valence electrons. The third-order valence-electron chi connectivity index (χ3n) is 3.09. The zero-order valence-electron chi connectivity index (χ0n) is 10.7. The van der Waals surface area contributed by atoms with Crippen LogP contribution in [0.1, 0.15) is 29.8 Å². The van der Waals surface area contributed by atoms with E-state index in [0.717, 1.165) is 12.1 Å². The van der Waals surface area contributed by atoms with Crippen molar-refractivity contribution in [3.05, 3.63) is 63.6 Å². The van der Waals surface area contributed by atoms with Crippen molar-refractivity contribution in [3.8, 4) is 0 Å². The molecule has 1 unspecified atom stereocenters. The first-order valence-corrected chi connectivity index (χ1v) is 7.04. The predicted octanol–water partition coefficient (Wildman–Crippen LogP) is 3.79. The lowest BCUT2D eigenvalue weighted by Crippen LogP contribution is -2.16. The Bertz CT molecular complexity index is 534. The molecular formula is C15H16BrFN2. The lowest BCUT2D eigenvalue weighted by atomic mass is 10.0. The van der Waals surface area contributed by atoms with Gasteiger partial charge in [-0.15, -0.1) is 0 Å². The number of pyridine rings is 1. The summed E-state index contributed by atoms with van der Waals surface area (Å²) in [6.07, 6.45) is 3.32. The first kappa shape index (κ1) is 14.2. The SMILES string of the molecule is CCc1ccc(CC(N)c2c(F)cccc2Br)nc1. The van der Waals surface area contributed by atoms with E-state index in [1.807, 2.05) is 18.3 Å². The maximum absolute atomic E-state index is 13.8. The van der Waals surface area contributed by atoms with Crippen molar-refractivity contribution in [1.82, 2.24) is 4.98 Å². The highest BCUT2D eigenvalue weighted by atomic mass is 79.9. The normalized spacial score (nSPS) is 12.4. The highest BCUT2D eigenvalue weighted by molar-refractivity contribution is 9.10. The monoisotopic (exact) mass is 322 g/mol. The zero-order valence-corrected chi connectivity index (χ0v) is 12.3. The van der Waals surface area contributed by atoms with E-state index in [9.17, 15) is 4.39 Å². The number of aromatic nitrogens is 1. The van der Waals surface area contributed by atoms with Crippen LogP contribution in [-0.2, 0) is 12.8 Å². The third kappa shape index (κ3) is 3.39. The van der Waals surface area contributed by atoms with Crippen molar-refractivity contribution < 1.29 is 4.39 Å². The number of halogens is 2. The van der Waals surface area contributed by atoms with Gasteiger partial charge in [-0.25, -0.2) is 4.39 Å². The van der Waals surface area contributed by atoms with Crippen molar-refractivity contribution in [1.29, 1.82) is 0 Å². The molecule has 1 aromatic heterocycles. The molecule has 0 amide bonds. The molecule has 1 atom stereocenters. The minimum atomic E-state index is -0.407. The van der Waals surface area contributed by atoms with Gasteiger partial charge in [0, 0.05) is 34.4 Å². The molecule has 0 saturated carbocycles. The second kappa shape index (κ2) is 6.26. The molecule has 0 bridgehead atoms. The Hall–Kier alpha value is -1.26. The maximum Gasteiger partial charge on any atom is 0.129 e. The number of aryl methyl sites for hydroxylation is 1. The molecule has 2 N–H and O–H groups in total. The highest BCUT2D eigenvalue weighted by Gasteiger charge is 2.15. The Morgan fingerprint density at radius 1 is 1.32 bits per heavy atom. The van der Waals surface area contributed by atoms with Gasteiger partial charge in [-0.05, 0) is 30.2 Å². The number of hydrogen-bond acceptors (Lipinski definition) is 2. The lowest BCUT2D eigenvalue weighted by Gasteiger charge is -2.14. The van der Waals surface area contributed by atoms with Gasteiger partial charge >= 0.3 is 0 Å². The molecule has 0 aliphatic rings. The first-order valence-electron chi connectivity index (χ1n) is 6.25. The predicted molar refractivity (Wildman–Crippen MR) is 78.3 cm³/mol. The number of hydrogen-bond donors (Lipinski definition) is 1. The van der Waals surface area contributed by atoms with Gasteiger partial charge in [0.25, 0.3) is 0 Å². The average Bonchev–Trinajstić information content (AvgIpc) is 2.39. The molecule has 1 aromatic carbocycles. The second-order valence-corrected chi connectivity index (χ2v) is 5.31. The number of nitrogens with zero attached hydrogens (tertiary/aromatic N) is 1. The van der Waals surface area contributed by atoms with Crippen molar-refractivity contribution in [2.75, 3.05) is 0 Å². The van der Waals surface area contributed by atoms with Crippen LogP contribution in [0.4, 0.5) is 4.39 Å². The Morgan fingerprint density at radius 2 is 2.11 bits per heavy atom. The molecule has 1 heterocycles. The summed E-state index contributed by atoms with van der Waals surface area (Å²) in [4.78, 5) is 4.36. The van der Waals surface area contributed by atoms with E-state index < -0.39 is 6.04 Å². The van der Waals surface area contributed by atoms with Gasteiger partial charge in [0.1, 0.15) is 5.82 Å². The van der Waals surface area contributed by atoms with Gasteiger partial charge < -0.3 is 5.73 Å².